The number of esters is 1. The zero-order chi connectivity index (χ0) is 19.4. The summed E-state index contributed by atoms with van der Waals surface area (Å²) in [6, 6.07) is 14.4. The van der Waals surface area contributed by atoms with Crippen molar-refractivity contribution >= 4 is 34.4 Å². The molecule has 2 aromatic carbocycles. The molecule has 5 nitrogen and oxygen atoms in total. The number of fused-ring (bicyclic) bond motifs is 1. The molecule has 1 heterocycles. The van der Waals surface area contributed by atoms with Gasteiger partial charge in [-0.1, -0.05) is 29.8 Å². The van der Waals surface area contributed by atoms with Crippen LogP contribution in [-0.2, 0) is 16.1 Å². The molecule has 0 N–H and O–H groups in total. The van der Waals surface area contributed by atoms with Gasteiger partial charge in [0.25, 0.3) is 5.91 Å². The molecule has 0 aliphatic carbocycles. The van der Waals surface area contributed by atoms with Crippen LogP contribution in [0.4, 0.5) is 4.39 Å². The molecule has 1 amide bonds. The molecule has 1 aromatic heterocycles. The van der Waals surface area contributed by atoms with Crippen LogP contribution in [0.25, 0.3) is 10.9 Å². The van der Waals surface area contributed by atoms with Crippen LogP contribution in [0.2, 0.25) is 5.15 Å². The number of halogens is 2. The molecule has 0 radical (unpaired) electrons. The third kappa shape index (κ3) is 4.60. The minimum atomic E-state index is -0.625. The second-order valence-electron chi connectivity index (χ2n) is 5.96. The lowest BCUT2D eigenvalue weighted by atomic mass is 10.1. The average molecular weight is 387 g/mol. The third-order valence-corrected chi connectivity index (χ3v) is 4.22. The summed E-state index contributed by atoms with van der Waals surface area (Å²) < 4.78 is 18.7. The lowest BCUT2D eigenvalue weighted by molar-refractivity contribution is -0.133. The second kappa shape index (κ2) is 8.14. The van der Waals surface area contributed by atoms with Crippen molar-refractivity contribution in [3.05, 3.63) is 76.7 Å². The molecular weight excluding hydrogens is 371 g/mol. The third-order valence-electron chi connectivity index (χ3n) is 4.01. The Balaban J connectivity index is 1.60. The van der Waals surface area contributed by atoms with Crippen molar-refractivity contribution in [3.8, 4) is 0 Å². The van der Waals surface area contributed by atoms with Gasteiger partial charge in [-0.3, -0.25) is 4.79 Å². The summed E-state index contributed by atoms with van der Waals surface area (Å²) in [6.45, 7) is -0.341. The summed E-state index contributed by atoms with van der Waals surface area (Å²) in [4.78, 5) is 29.8. The van der Waals surface area contributed by atoms with Gasteiger partial charge in [-0.2, -0.15) is 0 Å². The molecule has 27 heavy (non-hydrogen) atoms. The highest BCUT2D eigenvalue weighted by molar-refractivity contribution is 6.29. The van der Waals surface area contributed by atoms with E-state index in [2.05, 4.69) is 4.98 Å². The van der Waals surface area contributed by atoms with Crippen molar-refractivity contribution in [2.45, 2.75) is 6.54 Å². The normalized spacial score (nSPS) is 10.6. The number of likely N-dealkylation sites (N-methyl/N-ethyl adjacent to an activating group) is 1. The molecule has 0 atom stereocenters. The topological polar surface area (TPSA) is 59.5 Å². The smallest absolute Gasteiger partial charge is 0.338 e. The Hall–Kier alpha value is -2.99. The SMILES string of the molecule is CN(Cc1ccccc1F)C(=O)COC(=O)c1ccc2nc(Cl)ccc2c1. The fourth-order valence-electron chi connectivity index (χ4n) is 2.52. The molecular formula is C20H16ClFN2O3. The number of ether oxygens (including phenoxy) is 1. The molecule has 0 aliphatic rings. The summed E-state index contributed by atoms with van der Waals surface area (Å²) in [5, 5.41) is 1.10. The van der Waals surface area contributed by atoms with Crippen LogP contribution in [0.15, 0.2) is 54.6 Å². The lowest BCUT2D eigenvalue weighted by Gasteiger charge is -2.17. The number of benzene rings is 2. The van der Waals surface area contributed by atoms with Crippen molar-refractivity contribution < 1.29 is 18.7 Å². The minimum absolute atomic E-state index is 0.0888. The number of nitrogens with zero attached hydrogens (tertiary/aromatic N) is 2. The zero-order valence-corrected chi connectivity index (χ0v) is 15.2. The monoisotopic (exact) mass is 386 g/mol. The highest BCUT2D eigenvalue weighted by atomic mass is 35.5. The molecule has 0 saturated carbocycles. The summed E-state index contributed by atoms with van der Waals surface area (Å²) in [5.41, 5.74) is 1.34. The molecule has 0 spiro atoms. The maximum atomic E-state index is 13.7. The van der Waals surface area contributed by atoms with Crippen LogP contribution in [0.1, 0.15) is 15.9 Å². The first-order valence-corrected chi connectivity index (χ1v) is 8.52. The largest absolute Gasteiger partial charge is 0.452 e. The van der Waals surface area contributed by atoms with Crippen molar-refractivity contribution in [2.75, 3.05) is 13.7 Å². The highest BCUT2D eigenvalue weighted by Crippen LogP contribution is 2.17. The molecule has 0 saturated heterocycles. The Morgan fingerprint density at radius 2 is 1.93 bits per heavy atom. The van der Waals surface area contributed by atoms with Gasteiger partial charge >= 0.3 is 5.97 Å². The van der Waals surface area contributed by atoms with Crippen molar-refractivity contribution in [2.24, 2.45) is 0 Å². The van der Waals surface area contributed by atoms with Gasteiger partial charge in [0.1, 0.15) is 11.0 Å². The maximum absolute atomic E-state index is 13.7. The summed E-state index contributed by atoms with van der Waals surface area (Å²) in [7, 11) is 1.52. The van der Waals surface area contributed by atoms with Gasteiger partial charge in [-0.25, -0.2) is 14.2 Å². The van der Waals surface area contributed by atoms with E-state index in [0.717, 1.165) is 5.39 Å². The lowest BCUT2D eigenvalue weighted by Crippen LogP contribution is -2.31. The van der Waals surface area contributed by atoms with Gasteiger partial charge in [-0.15, -0.1) is 0 Å². The van der Waals surface area contributed by atoms with E-state index >= 15 is 0 Å². The van der Waals surface area contributed by atoms with Crippen LogP contribution in [0.3, 0.4) is 0 Å². The zero-order valence-electron chi connectivity index (χ0n) is 14.5. The van der Waals surface area contributed by atoms with E-state index in [1.54, 1.807) is 48.5 Å². The van der Waals surface area contributed by atoms with Crippen LogP contribution in [-0.4, -0.2) is 35.4 Å². The summed E-state index contributed by atoms with van der Waals surface area (Å²) >= 11 is 5.83. The summed E-state index contributed by atoms with van der Waals surface area (Å²) in [6.07, 6.45) is 0. The van der Waals surface area contributed by atoms with Crippen LogP contribution in [0.5, 0.6) is 0 Å². The van der Waals surface area contributed by atoms with Crippen molar-refractivity contribution in [3.63, 3.8) is 0 Å². The molecule has 0 unspecified atom stereocenters. The predicted molar refractivity (Wildman–Crippen MR) is 99.9 cm³/mol. The second-order valence-corrected chi connectivity index (χ2v) is 6.35. The molecule has 7 heteroatoms. The van der Waals surface area contributed by atoms with E-state index in [-0.39, 0.29) is 12.4 Å². The average Bonchev–Trinajstić information content (AvgIpc) is 2.67. The number of amides is 1. The van der Waals surface area contributed by atoms with E-state index in [1.807, 2.05) is 0 Å². The van der Waals surface area contributed by atoms with Crippen molar-refractivity contribution in [1.82, 2.24) is 9.88 Å². The Kier molecular flexibility index (Phi) is 5.66. The first-order valence-electron chi connectivity index (χ1n) is 8.15. The van der Waals surface area contributed by atoms with Gasteiger partial charge < -0.3 is 9.64 Å². The number of pyridine rings is 1. The van der Waals surface area contributed by atoms with Crippen LogP contribution in [0, 0.1) is 5.82 Å². The fraction of sp³-hybridized carbons (Fsp3) is 0.150. The van der Waals surface area contributed by atoms with E-state index in [0.29, 0.717) is 21.8 Å². The van der Waals surface area contributed by atoms with E-state index in [4.69, 9.17) is 16.3 Å². The highest BCUT2D eigenvalue weighted by Gasteiger charge is 2.15. The number of aromatic nitrogens is 1. The number of carbonyl (C=O) groups is 2. The Morgan fingerprint density at radius 3 is 2.70 bits per heavy atom. The Labute approximate surface area is 160 Å². The van der Waals surface area contributed by atoms with E-state index in [9.17, 15) is 14.0 Å². The standard InChI is InChI=1S/C20H16ClFN2O3/c1-24(11-15-4-2-3-5-16(15)22)19(25)12-27-20(26)14-6-8-17-13(10-14)7-9-18(21)23-17/h2-10H,11-12H2,1H3. The number of rotatable bonds is 5. The minimum Gasteiger partial charge on any atom is -0.452 e. The van der Waals surface area contributed by atoms with Crippen LogP contribution < -0.4 is 0 Å². The maximum Gasteiger partial charge on any atom is 0.338 e. The number of carbonyl (C=O) groups excluding carboxylic acids is 2. The summed E-state index contributed by atoms with van der Waals surface area (Å²) in [5.74, 6) is -1.45. The molecule has 0 fully saturated rings. The van der Waals surface area contributed by atoms with Gasteiger partial charge in [0.05, 0.1) is 11.1 Å². The molecule has 138 valence electrons. The van der Waals surface area contributed by atoms with Gasteiger partial charge in [-0.05, 0) is 36.4 Å². The number of hydrogen-bond donors (Lipinski definition) is 0. The fourth-order valence-corrected chi connectivity index (χ4v) is 2.67. The molecule has 3 aromatic rings. The Bertz CT molecular complexity index is 1010. The first-order chi connectivity index (χ1) is 12.9. The van der Waals surface area contributed by atoms with E-state index in [1.165, 1.54) is 18.0 Å². The predicted octanol–water partition coefficient (Wildman–Crippen LogP) is 3.84. The first kappa shape index (κ1) is 18.8. The Morgan fingerprint density at radius 1 is 1.15 bits per heavy atom. The molecule has 0 bridgehead atoms. The quantitative estimate of drug-likeness (QED) is 0.493. The van der Waals surface area contributed by atoms with Gasteiger partial charge in [0, 0.05) is 24.5 Å². The van der Waals surface area contributed by atoms with E-state index < -0.39 is 18.5 Å². The molecule has 0 aliphatic heterocycles. The molecule has 3 rings (SSSR count). The van der Waals surface area contributed by atoms with Gasteiger partial charge in [0.15, 0.2) is 6.61 Å². The van der Waals surface area contributed by atoms with Gasteiger partial charge in [0.2, 0.25) is 0 Å². The van der Waals surface area contributed by atoms with Crippen LogP contribution >= 0.6 is 11.6 Å². The van der Waals surface area contributed by atoms with Crippen molar-refractivity contribution in [1.29, 1.82) is 0 Å². The number of hydrogen-bond acceptors (Lipinski definition) is 4.